The highest BCUT2D eigenvalue weighted by molar-refractivity contribution is 7.90. The number of alkyl halides is 3. The maximum absolute atomic E-state index is 13.4. The second-order valence-corrected chi connectivity index (χ2v) is 9.30. The Morgan fingerprint density at radius 1 is 1.03 bits per heavy atom. The molecule has 0 radical (unpaired) electrons. The summed E-state index contributed by atoms with van der Waals surface area (Å²) in [4.78, 5) is 2.13. The largest absolute Gasteiger partial charge is 0.573 e. The number of fused-ring (bicyclic) bond motifs is 1. The summed E-state index contributed by atoms with van der Waals surface area (Å²) in [5.74, 6) is 0.104. The fraction of sp³-hybridized carbons (Fsp3) is 0.273. The van der Waals surface area contributed by atoms with Crippen molar-refractivity contribution in [3.8, 4) is 11.5 Å². The van der Waals surface area contributed by atoms with Gasteiger partial charge in [0.2, 0.25) is 0 Å². The van der Waals surface area contributed by atoms with Crippen LogP contribution in [0, 0.1) is 0 Å². The van der Waals surface area contributed by atoms with Crippen LogP contribution < -0.4 is 9.47 Å². The Labute approximate surface area is 183 Å². The van der Waals surface area contributed by atoms with Gasteiger partial charge in [-0.1, -0.05) is 6.08 Å². The van der Waals surface area contributed by atoms with Crippen LogP contribution in [0.2, 0.25) is 0 Å². The van der Waals surface area contributed by atoms with E-state index in [1.807, 2.05) is 13.1 Å². The molecule has 2 heterocycles. The normalized spacial score (nSPS) is 15.6. The zero-order valence-electron chi connectivity index (χ0n) is 17.4. The minimum absolute atomic E-state index is 0.0368. The van der Waals surface area contributed by atoms with Gasteiger partial charge in [0.1, 0.15) is 11.5 Å². The number of halogens is 3. The first kappa shape index (κ1) is 22.2. The molecule has 4 rings (SSSR count). The van der Waals surface area contributed by atoms with Gasteiger partial charge in [0.15, 0.2) is 0 Å². The zero-order chi connectivity index (χ0) is 23.1. The predicted octanol–water partition coefficient (Wildman–Crippen LogP) is 4.50. The fourth-order valence-electron chi connectivity index (χ4n) is 3.71. The van der Waals surface area contributed by atoms with Crippen molar-refractivity contribution < 1.29 is 31.1 Å². The van der Waals surface area contributed by atoms with Crippen molar-refractivity contribution in [3.05, 3.63) is 60.3 Å². The lowest BCUT2D eigenvalue weighted by molar-refractivity contribution is -0.274. The van der Waals surface area contributed by atoms with Crippen molar-refractivity contribution >= 4 is 26.5 Å². The van der Waals surface area contributed by atoms with Crippen molar-refractivity contribution in [2.45, 2.75) is 17.7 Å². The van der Waals surface area contributed by atoms with E-state index >= 15 is 0 Å². The maximum atomic E-state index is 13.4. The van der Waals surface area contributed by atoms with Crippen molar-refractivity contribution in [1.82, 2.24) is 8.87 Å². The quantitative estimate of drug-likeness (QED) is 0.554. The third-order valence-electron chi connectivity index (χ3n) is 5.35. The molecule has 0 atom stereocenters. The molecular formula is C22H21F3N2O4S. The van der Waals surface area contributed by atoms with Crippen LogP contribution in [-0.4, -0.2) is 50.9 Å². The van der Waals surface area contributed by atoms with E-state index in [1.54, 1.807) is 0 Å². The predicted molar refractivity (Wildman–Crippen MR) is 114 cm³/mol. The SMILES string of the molecule is COc1ccc(S(=O)(=O)n2cc(C3=CCN(C)CC3)c3cc(OC(F)(F)F)ccc32)cc1. The summed E-state index contributed by atoms with van der Waals surface area (Å²) >= 11 is 0. The number of likely N-dealkylation sites (N-methyl/N-ethyl adjacent to an activating group) is 1. The Morgan fingerprint density at radius 3 is 2.31 bits per heavy atom. The van der Waals surface area contributed by atoms with E-state index in [0.29, 0.717) is 29.7 Å². The van der Waals surface area contributed by atoms with Crippen molar-refractivity contribution in [3.63, 3.8) is 0 Å². The first-order valence-electron chi connectivity index (χ1n) is 9.77. The van der Waals surface area contributed by atoms with Gasteiger partial charge in [-0.05, 0) is 61.5 Å². The molecule has 0 bridgehead atoms. The molecule has 1 aliphatic rings. The van der Waals surface area contributed by atoms with E-state index in [0.717, 1.165) is 22.2 Å². The number of hydrogen-bond donors (Lipinski definition) is 0. The Morgan fingerprint density at radius 2 is 1.72 bits per heavy atom. The van der Waals surface area contributed by atoms with Gasteiger partial charge in [0, 0.05) is 30.2 Å². The average Bonchev–Trinajstić information content (AvgIpc) is 3.13. The fourth-order valence-corrected chi connectivity index (χ4v) is 5.08. The molecule has 10 heteroatoms. The molecule has 0 fully saturated rings. The summed E-state index contributed by atoms with van der Waals surface area (Å²) in [7, 11) is -0.571. The molecule has 0 aliphatic carbocycles. The van der Waals surface area contributed by atoms with E-state index < -0.39 is 22.1 Å². The molecular weight excluding hydrogens is 445 g/mol. The Balaban J connectivity index is 1.89. The highest BCUT2D eigenvalue weighted by Gasteiger charge is 2.32. The molecule has 2 aromatic carbocycles. The number of methoxy groups -OCH3 is 1. The number of aromatic nitrogens is 1. The van der Waals surface area contributed by atoms with Crippen molar-refractivity contribution in [1.29, 1.82) is 0 Å². The second-order valence-electron chi connectivity index (χ2n) is 7.49. The van der Waals surface area contributed by atoms with Gasteiger partial charge in [-0.3, -0.25) is 0 Å². The van der Waals surface area contributed by atoms with E-state index in [9.17, 15) is 21.6 Å². The van der Waals surface area contributed by atoms with Gasteiger partial charge in [0.25, 0.3) is 10.0 Å². The van der Waals surface area contributed by atoms with Crippen LogP contribution in [-0.2, 0) is 10.0 Å². The summed E-state index contributed by atoms with van der Waals surface area (Å²) in [6.45, 7) is 1.41. The minimum atomic E-state index is -4.85. The third kappa shape index (κ3) is 4.33. The van der Waals surface area contributed by atoms with E-state index in [4.69, 9.17) is 4.74 Å². The number of rotatable bonds is 5. The molecule has 6 nitrogen and oxygen atoms in total. The lowest BCUT2D eigenvalue weighted by atomic mass is 9.99. The summed E-state index contributed by atoms with van der Waals surface area (Å²) in [5.41, 5.74) is 1.71. The first-order chi connectivity index (χ1) is 15.1. The number of hydrogen-bond acceptors (Lipinski definition) is 5. The molecule has 1 aromatic heterocycles. The highest BCUT2D eigenvalue weighted by atomic mass is 32.2. The van der Waals surface area contributed by atoms with Crippen LogP contribution in [0.5, 0.6) is 11.5 Å². The molecule has 0 spiro atoms. The van der Waals surface area contributed by atoms with Crippen LogP contribution in [0.15, 0.2) is 59.6 Å². The van der Waals surface area contributed by atoms with E-state index in [1.165, 1.54) is 49.7 Å². The van der Waals surface area contributed by atoms with Crippen LogP contribution in [0.3, 0.4) is 0 Å². The third-order valence-corrected chi connectivity index (χ3v) is 7.04. The number of benzene rings is 2. The minimum Gasteiger partial charge on any atom is -0.497 e. The van der Waals surface area contributed by atoms with Gasteiger partial charge >= 0.3 is 6.36 Å². The van der Waals surface area contributed by atoms with Gasteiger partial charge in [-0.2, -0.15) is 0 Å². The number of ether oxygens (including phenoxy) is 2. The Bertz CT molecular complexity index is 1280. The summed E-state index contributed by atoms with van der Waals surface area (Å²) in [6.07, 6.45) is -0.778. The van der Waals surface area contributed by atoms with Crippen molar-refractivity contribution in [2.24, 2.45) is 0 Å². The van der Waals surface area contributed by atoms with E-state index in [2.05, 4.69) is 9.64 Å². The van der Waals surface area contributed by atoms with Crippen molar-refractivity contribution in [2.75, 3.05) is 27.2 Å². The summed E-state index contributed by atoms with van der Waals surface area (Å²) in [6, 6.07) is 9.60. The molecule has 1 aliphatic heterocycles. The molecule has 3 aromatic rings. The van der Waals surface area contributed by atoms with Crippen LogP contribution in [0.1, 0.15) is 12.0 Å². The summed E-state index contributed by atoms with van der Waals surface area (Å²) < 4.78 is 75.4. The molecule has 0 N–H and O–H groups in total. The van der Waals surface area contributed by atoms with Gasteiger partial charge < -0.3 is 14.4 Å². The topological polar surface area (TPSA) is 60.8 Å². The highest BCUT2D eigenvalue weighted by Crippen LogP contribution is 2.36. The molecule has 0 unspecified atom stereocenters. The maximum Gasteiger partial charge on any atom is 0.573 e. The molecule has 0 saturated heterocycles. The second kappa shape index (κ2) is 8.18. The van der Waals surface area contributed by atoms with Gasteiger partial charge in [-0.15, -0.1) is 13.2 Å². The van der Waals surface area contributed by atoms with Crippen LogP contribution in [0.25, 0.3) is 16.5 Å². The van der Waals surface area contributed by atoms with Gasteiger partial charge in [-0.25, -0.2) is 12.4 Å². The lowest BCUT2D eigenvalue weighted by Crippen LogP contribution is -2.23. The number of nitrogens with zero attached hydrogens (tertiary/aromatic N) is 2. The zero-order valence-corrected chi connectivity index (χ0v) is 18.2. The lowest BCUT2D eigenvalue weighted by Gasteiger charge is -2.21. The smallest absolute Gasteiger partial charge is 0.497 e. The molecule has 0 saturated carbocycles. The van der Waals surface area contributed by atoms with Gasteiger partial charge in [0.05, 0.1) is 17.5 Å². The molecule has 170 valence electrons. The monoisotopic (exact) mass is 466 g/mol. The van der Waals surface area contributed by atoms with E-state index in [-0.39, 0.29) is 10.4 Å². The average molecular weight is 466 g/mol. The summed E-state index contributed by atoms with van der Waals surface area (Å²) in [5, 5.41) is 0.375. The van der Waals surface area contributed by atoms with Crippen LogP contribution >= 0.6 is 0 Å². The standard InChI is InChI=1S/C22H21F3N2O4S/c1-26-11-9-15(10-12-26)20-14-27(32(28,29)18-6-3-16(30-2)4-7-18)21-8-5-17(13-19(20)21)31-22(23,24)25/h3-9,13-14H,10-12H2,1-2H3. The first-order valence-corrected chi connectivity index (χ1v) is 11.2. The Hall–Kier alpha value is -2.98. The Kier molecular flexibility index (Phi) is 5.68. The van der Waals surface area contributed by atoms with Crippen LogP contribution in [0.4, 0.5) is 13.2 Å². The molecule has 32 heavy (non-hydrogen) atoms. The molecule has 0 amide bonds.